The molecule has 1 amide bonds. The van der Waals surface area contributed by atoms with Gasteiger partial charge in [0.25, 0.3) is 5.91 Å². The molecule has 0 atom stereocenters. The van der Waals surface area contributed by atoms with E-state index < -0.39 is 5.97 Å². The average molecular weight is 210 g/mol. The van der Waals surface area contributed by atoms with Crippen molar-refractivity contribution in [1.82, 2.24) is 9.47 Å². The Morgan fingerprint density at radius 3 is 2.67 bits per heavy atom. The molecule has 0 fully saturated rings. The van der Waals surface area contributed by atoms with Crippen LogP contribution in [0, 0.1) is 0 Å². The molecule has 0 aliphatic rings. The number of carboxylic acid groups (broad SMARTS) is 1. The molecule has 0 aliphatic carbocycles. The van der Waals surface area contributed by atoms with Gasteiger partial charge < -0.3 is 14.6 Å². The standard InChI is InChI=1S/C10H14N2O3/c1-11-5-3-8(7-11)10(15)12(2)6-4-9(13)14/h3,5,7H,4,6H2,1-2H3,(H,13,14). The summed E-state index contributed by atoms with van der Waals surface area (Å²) in [6.45, 7) is 0.225. The number of nitrogens with zero attached hydrogens (tertiary/aromatic N) is 2. The van der Waals surface area contributed by atoms with Crippen molar-refractivity contribution < 1.29 is 14.7 Å². The van der Waals surface area contributed by atoms with Gasteiger partial charge in [0.1, 0.15) is 0 Å². The van der Waals surface area contributed by atoms with E-state index in [4.69, 9.17) is 5.11 Å². The number of carbonyl (C=O) groups excluding carboxylic acids is 1. The van der Waals surface area contributed by atoms with E-state index in [1.54, 1.807) is 30.1 Å². The molecule has 5 nitrogen and oxygen atoms in total. The van der Waals surface area contributed by atoms with Gasteiger partial charge in [0, 0.05) is 33.0 Å². The van der Waals surface area contributed by atoms with Gasteiger partial charge in [-0.3, -0.25) is 9.59 Å². The van der Waals surface area contributed by atoms with Crippen LogP contribution in [-0.2, 0) is 11.8 Å². The summed E-state index contributed by atoms with van der Waals surface area (Å²) in [4.78, 5) is 23.4. The number of carboxylic acids is 1. The maximum absolute atomic E-state index is 11.7. The van der Waals surface area contributed by atoms with Crippen molar-refractivity contribution in [2.75, 3.05) is 13.6 Å². The molecule has 0 aromatic carbocycles. The van der Waals surface area contributed by atoms with Crippen LogP contribution in [0.4, 0.5) is 0 Å². The van der Waals surface area contributed by atoms with E-state index in [0.29, 0.717) is 5.56 Å². The fraction of sp³-hybridized carbons (Fsp3) is 0.400. The molecule has 1 aromatic heterocycles. The van der Waals surface area contributed by atoms with Crippen molar-refractivity contribution in [3.63, 3.8) is 0 Å². The molecule has 0 saturated carbocycles. The normalized spacial score (nSPS) is 10.0. The van der Waals surface area contributed by atoms with Crippen LogP contribution >= 0.6 is 0 Å². The van der Waals surface area contributed by atoms with Crippen molar-refractivity contribution in [3.05, 3.63) is 24.0 Å². The summed E-state index contributed by atoms with van der Waals surface area (Å²) in [5.74, 6) is -1.06. The summed E-state index contributed by atoms with van der Waals surface area (Å²) in [5.41, 5.74) is 0.574. The van der Waals surface area contributed by atoms with Crippen molar-refractivity contribution in [2.45, 2.75) is 6.42 Å². The summed E-state index contributed by atoms with van der Waals surface area (Å²) in [6, 6.07) is 1.71. The Labute approximate surface area is 87.9 Å². The average Bonchev–Trinajstić information content (AvgIpc) is 2.60. The Hall–Kier alpha value is -1.78. The molecule has 5 heteroatoms. The smallest absolute Gasteiger partial charge is 0.305 e. The van der Waals surface area contributed by atoms with Crippen LogP contribution in [0.25, 0.3) is 0 Å². The lowest BCUT2D eigenvalue weighted by molar-refractivity contribution is -0.137. The van der Waals surface area contributed by atoms with Crippen LogP contribution in [-0.4, -0.2) is 40.0 Å². The molecule has 0 radical (unpaired) electrons. The molecule has 1 heterocycles. The number of aryl methyl sites for hydroxylation is 1. The second kappa shape index (κ2) is 4.63. The molecular formula is C10H14N2O3. The zero-order valence-electron chi connectivity index (χ0n) is 8.80. The Balaban J connectivity index is 2.57. The number of amides is 1. The Bertz CT molecular complexity index is 370. The number of carbonyl (C=O) groups is 2. The van der Waals surface area contributed by atoms with E-state index in [1.807, 2.05) is 7.05 Å². The van der Waals surface area contributed by atoms with Crippen LogP contribution < -0.4 is 0 Å². The van der Waals surface area contributed by atoms with Gasteiger partial charge in [-0.25, -0.2) is 0 Å². The lowest BCUT2D eigenvalue weighted by Crippen LogP contribution is -2.28. The molecule has 0 bridgehead atoms. The Morgan fingerprint density at radius 1 is 1.53 bits per heavy atom. The minimum absolute atomic E-state index is 0.0327. The number of rotatable bonds is 4. The summed E-state index contributed by atoms with van der Waals surface area (Å²) in [6.07, 6.45) is 3.45. The fourth-order valence-corrected chi connectivity index (χ4v) is 1.22. The molecule has 15 heavy (non-hydrogen) atoms. The predicted molar refractivity (Wildman–Crippen MR) is 54.6 cm³/mol. The Morgan fingerprint density at radius 2 is 2.20 bits per heavy atom. The van der Waals surface area contributed by atoms with Gasteiger partial charge in [0.15, 0.2) is 0 Å². The molecule has 0 aliphatic heterocycles. The molecule has 0 unspecified atom stereocenters. The van der Waals surface area contributed by atoms with Crippen LogP contribution in [0.15, 0.2) is 18.5 Å². The van der Waals surface area contributed by atoms with Crippen LogP contribution in [0.5, 0.6) is 0 Å². The third-order valence-corrected chi connectivity index (χ3v) is 2.09. The Kier molecular flexibility index (Phi) is 3.49. The van der Waals surface area contributed by atoms with Gasteiger partial charge in [0.05, 0.1) is 12.0 Å². The largest absolute Gasteiger partial charge is 0.481 e. The van der Waals surface area contributed by atoms with E-state index in [1.165, 1.54) is 4.90 Å². The first-order chi connectivity index (χ1) is 7.00. The summed E-state index contributed by atoms with van der Waals surface area (Å²) < 4.78 is 1.78. The van der Waals surface area contributed by atoms with E-state index in [2.05, 4.69) is 0 Å². The lowest BCUT2D eigenvalue weighted by atomic mass is 10.3. The highest BCUT2D eigenvalue weighted by atomic mass is 16.4. The molecule has 1 N–H and O–H groups in total. The van der Waals surface area contributed by atoms with Crippen molar-refractivity contribution in [1.29, 1.82) is 0 Å². The summed E-state index contributed by atoms with van der Waals surface area (Å²) in [7, 11) is 3.42. The van der Waals surface area contributed by atoms with Gasteiger partial charge in [-0.05, 0) is 6.07 Å². The highest BCUT2D eigenvalue weighted by Gasteiger charge is 2.13. The maximum Gasteiger partial charge on any atom is 0.305 e. The predicted octanol–water partition coefficient (Wildman–Crippen LogP) is 0.572. The third-order valence-electron chi connectivity index (χ3n) is 2.09. The minimum Gasteiger partial charge on any atom is -0.481 e. The number of hydrogen-bond donors (Lipinski definition) is 1. The van der Waals surface area contributed by atoms with Gasteiger partial charge >= 0.3 is 5.97 Å². The van der Waals surface area contributed by atoms with Crippen LogP contribution in [0.3, 0.4) is 0 Å². The first-order valence-corrected chi connectivity index (χ1v) is 4.60. The number of hydrogen-bond acceptors (Lipinski definition) is 2. The highest BCUT2D eigenvalue weighted by molar-refractivity contribution is 5.94. The van der Waals surface area contributed by atoms with Gasteiger partial charge in [-0.1, -0.05) is 0 Å². The SMILES string of the molecule is CN(CCC(=O)O)C(=O)c1ccn(C)c1. The van der Waals surface area contributed by atoms with Crippen LogP contribution in [0.2, 0.25) is 0 Å². The molecule has 1 rings (SSSR count). The second-order valence-corrected chi connectivity index (χ2v) is 3.44. The van der Waals surface area contributed by atoms with E-state index >= 15 is 0 Å². The molecule has 0 saturated heterocycles. The topological polar surface area (TPSA) is 62.5 Å². The van der Waals surface area contributed by atoms with Crippen molar-refractivity contribution in [3.8, 4) is 0 Å². The molecular weight excluding hydrogens is 196 g/mol. The fourth-order valence-electron chi connectivity index (χ4n) is 1.22. The van der Waals surface area contributed by atoms with Gasteiger partial charge in [0.2, 0.25) is 0 Å². The number of aromatic nitrogens is 1. The lowest BCUT2D eigenvalue weighted by Gasteiger charge is -2.14. The minimum atomic E-state index is -0.900. The van der Waals surface area contributed by atoms with Crippen LogP contribution in [0.1, 0.15) is 16.8 Å². The quantitative estimate of drug-likeness (QED) is 0.790. The number of aliphatic carboxylic acids is 1. The van der Waals surface area contributed by atoms with Gasteiger partial charge in [-0.15, -0.1) is 0 Å². The van der Waals surface area contributed by atoms with Crippen molar-refractivity contribution >= 4 is 11.9 Å². The first-order valence-electron chi connectivity index (χ1n) is 4.60. The van der Waals surface area contributed by atoms with Crippen molar-refractivity contribution in [2.24, 2.45) is 7.05 Å². The summed E-state index contributed by atoms with van der Waals surface area (Å²) in [5, 5.41) is 8.48. The van der Waals surface area contributed by atoms with E-state index in [0.717, 1.165) is 0 Å². The zero-order chi connectivity index (χ0) is 11.4. The monoisotopic (exact) mass is 210 g/mol. The third kappa shape index (κ3) is 3.12. The van der Waals surface area contributed by atoms with Gasteiger partial charge in [-0.2, -0.15) is 0 Å². The van der Waals surface area contributed by atoms with E-state index in [9.17, 15) is 9.59 Å². The molecule has 0 spiro atoms. The molecule has 1 aromatic rings. The van der Waals surface area contributed by atoms with E-state index in [-0.39, 0.29) is 18.9 Å². The first kappa shape index (κ1) is 11.3. The maximum atomic E-state index is 11.7. The highest BCUT2D eigenvalue weighted by Crippen LogP contribution is 2.04. The second-order valence-electron chi connectivity index (χ2n) is 3.44. The summed E-state index contributed by atoms with van der Waals surface area (Å²) >= 11 is 0. The zero-order valence-corrected chi connectivity index (χ0v) is 8.80. The molecule has 82 valence electrons.